The number of aryl methyl sites for hydroxylation is 2. The first-order chi connectivity index (χ1) is 10.2. The molecule has 0 aliphatic heterocycles. The third-order valence-electron chi connectivity index (χ3n) is 3.60. The Balaban J connectivity index is 1.73. The van der Waals surface area contributed by atoms with E-state index in [0.29, 0.717) is 0 Å². The zero-order valence-electron chi connectivity index (χ0n) is 12.3. The quantitative estimate of drug-likeness (QED) is 0.698. The number of para-hydroxylation sites is 2. The number of aromatic nitrogens is 2. The topological polar surface area (TPSA) is 25.8 Å². The van der Waals surface area contributed by atoms with Gasteiger partial charge in [-0.1, -0.05) is 36.4 Å². The summed E-state index contributed by atoms with van der Waals surface area (Å²) in [6.45, 7) is 4.21. The molecule has 0 unspecified atom stereocenters. The van der Waals surface area contributed by atoms with Gasteiger partial charge in [0.15, 0.2) is 0 Å². The molecule has 0 N–H and O–H groups in total. The van der Waals surface area contributed by atoms with E-state index < -0.39 is 0 Å². The van der Waals surface area contributed by atoms with E-state index in [-0.39, 0.29) is 0 Å². The van der Waals surface area contributed by atoms with Crippen LogP contribution in [0.15, 0.2) is 48.5 Å². The van der Waals surface area contributed by atoms with Crippen LogP contribution in [0.1, 0.15) is 22.5 Å². The summed E-state index contributed by atoms with van der Waals surface area (Å²) in [5.41, 5.74) is 6.83. The Morgan fingerprint density at radius 1 is 0.810 bits per heavy atom. The third kappa shape index (κ3) is 3.24. The molecule has 3 rings (SSSR count). The van der Waals surface area contributed by atoms with Crippen LogP contribution in [0.4, 0.5) is 0 Å². The van der Waals surface area contributed by atoms with Crippen LogP contribution < -0.4 is 0 Å². The number of fused-ring (bicyclic) bond motifs is 1. The Morgan fingerprint density at radius 3 is 2.24 bits per heavy atom. The molecular formula is C18H18N2S. The number of nitrogens with zero attached hydrogens (tertiary/aromatic N) is 2. The number of rotatable bonds is 4. The van der Waals surface area contributed by atoms with Crippen molar-refractivity contribution < 1.29 is 0 Å². The Morgan fingerprint density at radius 2 is 1.48 bits per heavy atom. The maximum Gasteiger partial charge on any atom is 0.0890 e. The highest BCUT2D eigenvalue weighted by Crippen LogP contribution is 2.21. The van der Waals surface area contributed by atoms with Crippen LogP contribution in [-0.2, 0) is 11.5 Å². The van der Waals surface area contributed by atoms with E-state index in [1.807, 2.05) is 43.0 Å². The molecule has 0 spiro atoms. The number of hydrogen-bond donors (Lipinski definition) is 0. The molecule has 21 heavy (non-hydrogen) atoms. The number of hydrogen-bond acceptors (Lipinski definition) is 3. The van der Waals surface area contributed by atoms with Gasteiger partial charge in [0.2, 0.25) is 0 Å². The lowest BCUT2D eigenvalue weighted by molar-refractivity contribution is 1.08. The van der Waals surface area contributed by atoms with Gasteiger partial charge in [-0.2, -0.15) is 11.8 Å². The van der Waals surface area contributed by atoms with E-state index in [1.165, 1.54) is 11.1 Å². The van der Waals surface area contributed by atoms with Crippen molar-refractivity contribution >= 4 is 22.8 Å². The molecule has 0 amide bonds. The summed E-state index contributed by atoms with van der Waals surface area (Å²) in [4.78, 5) is 9.39. The smallest absolute Gasteiger partial charge is 0.0890 e. The molecule has 3 aromatic rings. The lowest BCUT2D eigenvalue weighted by Crippen LogP contribution is -1.97. The van der Waals surface area contributed by atoms with E-state index in [2.05, 4.69) is 36.2 Å². The van der Waals surface area contributed by atoms with Crippen LogP contribution in [0, 0.1) is 13.8 Å². The van der Waals surface area contributed by atoms with Crippen molar-refractivity contribution in [2.45, 2.75) is 25.4 Å². The summed E-state index contributed by atoms with van der Waals surface area (Å²) in [6, 6.07) is 16.6. The van der Waals surface area contributed by atoms with E-state index in [1.54, 1.807) is 0 Å². The van der Waals surface area contributed by atoms with Crippen molar-refractivity contribution in [3.8, 4) is 0 Å². The van der Waals surface area contributed by atoms with E-state index in [0.717, 1.165) is 33.9 Å². The van der Waals surface area contributed by atoms with Crippen LogP contribution in [0.5, 0.6) is 0 Å². The first-order valence-corrected chi connectivity index (χ1v) is 8.24. The number of thioether (sulfide) groups is 1. The minimum absolute atomic E-state index is 0.901. The maximum atomic E-state index is 4.75. The minimum Gasteiger partial charge on any atom is -0.250 e. The predicted octanol–water partition coefficient (Wildman–Crippen LogP) is 4.68. The monoisotopic (exact) mass is 294 g/mol. The molecule has 2 aromatic carbocycles. The van der Waals surface area contributed by atoms with Crippen LogP contribution >= 0.6 is 11.8 Å². The normalized spacial score (nSPS) is 11.0. The van der Waals surface area contributed by atoms with Gasteiger partial charge in [-0.05, 0) is 37.1 Å². The summed E-state index contributed by atoms with van der Waals surface area (Å²) < 4.78 is 0. The first-order valence-electron chi connectivity index (χ1n) is 7.08. The standard InChI is InChI=1S/C18H18N2S/c1-13-7-3-4-8-15(13)11-21-12-18-14(2)19-16-9-5-6-10-17(16)20-18/h3-10H,11-12H2,1-2H3. The lowest BCUT2D eigenvalue weighted by atomic mass is 10.1. The van der Waals surface area contributed by atoms with Crippen LogP contribution in [0.2, 0.25) is 0 Å². The molecule has 3 heteroatoms. The van der Waals surface area contributed by atoms with E-state index in [4.69, 9.17) is 4.98 Å². The fraction of sp³-hybridized carbons (Fsp3) is 0.222. The SMILES string of the molecule is Cc1ccccc1CSCc1nc2ccccc2nc1C. The largest absolute Gasteiger partial charge is 0.250 e. The van der Waals surface area contributed by atoms with Gasteiger partial charge in [0.1, 0.15) is 0 Å². The molecule has 106 valence electrons. The van der Waals surface area contributed by atoms with Gasteiger partial charge in [-0.3, -0.25) is 0 Å². The summed E-state index contributed by atoms with van der Waals surface area (Å²) in [5, 5.41) is 0. The predicted molar refractivity (Wildman–Crippen MR) is 90.5 cm³/mol. The lowest BCUT2D eigenvalue weighted by Gasteiger charge is -2.08. The second-order valence-electron chi connectivity index (χ2n) is 5.16. The highest BCUT2D eigenvalue weighted by atomic mass is 32.2. The Labute approximate surface area is 129 Å². The van der Waals surface area contributed by atoms with E-state index in [9.17, 15) is 0 Å². The van der Waals surface area contributed by atoms with Gasteiger partial charge in [0, 0.05) is 11.5 Å². The molecule has 0 saturated carbocycles. The molecule has 0 fully saturated rings. The zero-order chi connectivity index (χ0) is 14.7. The number of benzene rings is 2. The summed E-state index contributed by atoms with van der Waals surface area (Å²) >= 11 is 1.89. The first kappa shape index (κ1) is 14.1. The fourth-order valence-corrected chi connectivity index (χ4v) is 3.40. The minimum atomic E-state index is 0.901. The van der Waals surface area contributed by atoms with Gasteiger partial charge in [0.25, 0.3) is 0 Å². The second kappa shape index (κ2) is 6.27. The summed E-state index contributed by atoms with van der Waals surface area (Å²) in [5.74, 6) is 1.92. The Hall–Kier alpha value is -1.87. The Kier molecular flexibility index (Phi) is 4.20. The molecule has 1 aromatic heterocycles. The molecular weight excluding hydrogens is 276 g/mol. The maximum absolute atomic E-state index is 4.75. The van der Waals surface area contributed by atoms with Gasteiger partial charge < -0.3 is 0 Å². The van der Waals surface area contributed by atoms with Crippen LogP contribution in [0.25, 0.3) is 11.0 Å². The highest BCUT2D eigenvalue weighted by Gasteiger charge is 2.05. The summed E-state index contributed by atoms with van der Waals surface area (Å²) in [7, 11) is 0. The van der Waals surface area contributed by atoms with Gasteiger partial charge in [0.05, 0.1) is 22.4 Å². The molecule has 0 aliphatic carbocycles. The third-order valence-corrected chi connectivity index (χ3v) is 4.59. The van der Waals surface area contributed by atoms with Crippen LogP contribution in [-0.4, -0.2) is 9.97 Å². The van der Waals surface area contributed by atoms with Crippen molar-refractivity contribution in [3.05, 3.63) is 71.0 Å². The second-order valence-corrected chi connectivity index (χ2v) is 6.15. The molecule has 0 radical (unpaired) electrons. The zero-order valence-corrected chi connectivity index (χ0v) is 13.2. The van der Waals surface area contributed by atoms with Gasteiger partial charge in [-0.15, -0.1) is 0 Å². The average Bonchev–Trinajstić information content (AvgIpc) is 2.49. The molecule has 0 saturated heterocycles. The van der Waals surface area contributed by atoms with Crippen molar-refractivity contribution in [1.29, 1.82) is 0 Å². The molecule has 0 aliphatic rings. The van der Waals surface area contributed by atoms with E-state index >= 15 is 0 Å². The molecule has 1 heterocycles. The van der Waals surface area contributed by atoms with Crippen molar-refractivity contribution in [3.63, 3.8) is 0 Å². The van der Waals surface area contributed by atoms with Crippen molar-refractivity contribution in [2.75, 3.05) is 0 Å². The average molecular weight is 294 g/mol. The molecule has 2 nitrogen and oxygen atoms in total. The van der Waals surface area contributed by atoms with Gasteiger partial charge in [-0.25, -0.2) is 9.97 Å². The van der Waals surface area contributed by atoms with Gasteiger partial charge >= 0.3 is 0 Å². The highest BCUT2D eigenvalue weighted by molar-refractivity contribution is 7.97. The van der Waals surface area contributed by atoms with Crippen molar-refractivity contribution in [1.82, 2.24) is 9.97 Å². The Bertz CT molecular complexity index is 768. The van der Waals surface area contributed by atoms with Crippen LogP contribution in [0.3, 0.4) is 0 Å². The summed E-state index contributed by atoms with van der Waals surface area (Å²) in [6.07, 6.45) is 0. The molecule has 0 bridgehead atoms. The fourth-order valence-electron chi connectivity index (χ4n) is 2.29. The van der Waals surface area contributed by atoms with Crippen molar-refractivity contribution in [2.24, 2.45) is 0 Å². The molecule has 0 atom stereocenters.